The minimum atomic E-state index is -3.92. The topological polar surface area (TPSA) is 118 Å². The zero-order valence-electron chi connectivity index (χ0n) is 13.9. The zero-order chi connectivity index (χ0) is 19.5. The van der Waals surface area contributed by atoms with Crippen LogP contribution in [0.25, 0.3) is 0 Å². The highest BCUT2D eigenvalue weighted by atomic mass is 35.5. The van der Waals surface area contributed by atoms with E-state index >= 15 is 0 Å². The number of nitrogens with one attached hydrogen (secondary N) is 2. The molecule has 2 N–H and O–H groups in total. The van der Waals surface area contributed by atoms with Crippen molar-refractivity contribution < 1.29 is 18.1 Å². The van der Waals surface area contributed by atoms with Crippen molar-refractivity contribution in [3.8, 4) is 0 Å². The van der Waals surface area contributed by atoms with Crippen LogP contribution in [-0.4, -0.2) is 25.3 Å². The molecule has 0 spiro atoms. The molecule has 0 unspecified atom stereocenters. The van der Waals surface area contributed by atoms with E-state index < -0.39 is 26.9 Å². The van der Waals surface area contributed by atoms with Crippen LogP contribution < -0.4 is 10.0 Å². The van der Waals surface area contributed by atoms with Gasteiger partial charge in [0, 0.05) is 11.1 Å². The molecule has 0 saturated carbocycles. The van der Waals surface area contributed by atoms with Crippen molar-refractivity contribution in [2.45, 2.75) is 24.8 Å². The van der Waals surface area contributed by atoms with Crippen LogP contribution in [0.15, 0.2) is 47.4 Å². The molecule has 2 aromatic carbocycles. The fourth-order valence-electron chi connectivity index (χ4n) is 2.17. The number of sulfonamides is 1. The van der Waals surface area contributed by atoms with Gasteiger partial charge in [-0.05, 0) is 44.2 Å². The lowest BCUT2D eigenvalue weighted by Crippen LogP contribution is -2.41. The van der Waals surface area contributed by atoms with Gasteiger partial charge in [0.15, 0.2) is 0 Å². The Morgan fingerprint density at radius 1 is 1.19 bits per heavy atom. The molecule has 1 atom stereocenters. The van der Waals surface area contributed by atoms with Crippen LogP contribution in [-0.2, 0) is 14.8 Å². The standard InChI is InChI=1S/C16H16ClN3O5S/c1-10-14(4-3-5-15(10)20(22)23)18-16(21)11(2)19-26(24,25)13-8-6-12(17)7-9-13/h3-9,11,19H,1-2H3,(H,18,21)/t11-/m0/s1. The third-order valence-electron chi connectivity index (χ3n) is 3.61. The Balaban J connectivity index is 2.14. The summed E-state index contributed by atoms with van der Waals surface area (Å²) in [6.45, 7) is 2.87. The highest BCUT2D eigenvalue weighted by molar-refractivity contribution is 7.89. The summed E-state index contributed by atoms with van der Waals surface area (Å²) in [6.07, 6.45) is 0. The second kappa shape index (κ2) is 7.81. The molecule has 0 heterocycles. The maximum Gasteiger partial charge on any atom is 0.274 e. The molecule has 0 fully saturated rings. The number of amides is 1. The predicted molar refractivity (Wildman–Crippen MR) is 97.7 cm³/mol. The van der Waals surface area contributed by atoms with E-state index in [0.29, 0.717) is 5.02 Å². The highest BCUT2D eigenvalue weighted by Crippen LogP contribution is 2.25. The number of carbonyl (C=O) groups excluding carboxylic acids is 1. The van der Waals surface area contributed by atoms with E-state index in [1.165, 1.54) is 56.3 Å². The summed E-state index contributed by atoms with van der Waals surface area (Å²) in [7, 11) is -3.92. The molecule has 1 amide bonds. The van der Waals surface area contributed by atoms with E-state index in [9.17, 15) is 23.3 Å². The van der Waals surface area contributed by atoms with Gasteiger partial charge in [-0.25, -0.2) is 8.42 Å². The number of carbonyl (C=O) groups is 1. The predicted octanol–water partition coefficient (Wildman–Crippen LogP) is 2.86. The summed E-state index contributed by atoms with van der Waals surface area (Å²) in [4.78, 5) is 22.6. The molecule has 0 aliphatic heterocycles. The van der Waals surface area contributed by atoms with E-state index in [0.717, 1.165) is 0 Å². The van der Waals surface area contributed by atoms with Gasteiger partial charge in [0.2, 0.25) is 15.9 Å². The first kappa shape index (κ1) is 19.8. The van der Waals surface area contributed by atoms with Crippen molar-refractivity contribution in [1.29, 1.82) is 0 Å². The van der Waals surface area contributed by atoms with Crippen molar-refractivity contribution in [2.75, 3.05) is 5.32 Å². The van der Waals surface area contributed by atoms with Crippen molar-refractivity contribution in [1.82, 2.24) is 4.72 Å². The normalized spacial score (nSPS) is 12.4. The lowest BCUT2D eigenvalue weighted by atomic mass is 10.1. The Kier molecular flexibility index (Phi) is 5.96. The van der Waals surface area contributed by atoms with Crippen LogP contribution in [0, 0.1) is 17.0 Å². The fraction of sp³-hybridized carbons (Fsp3) is 0.188. The van der Waals surface area contributed by atoms with Crippen molar-refractivity contribution in [3.05, 3.63) is 63.2 Å². The van der Waals surface area contributed by atoms with Crippen molar-refractivity contribution in [3.63, 3.8) is 0 Å². The minimum absolute atomic E-state index is 0.0342. The monoisotopic (exact) mass is 397 g/mol. The Hall–Kier alpha value is -2.49. The molecule has 26 heavy (non-hydrogen) atoms. The average Bonchev–Trinajstić information content (AvgIpc) is 2.56. The molecule has 0 aromatic heterocycles. The van der Waals surface area contributed by atoms with Crippen LogP contribution in [0.2, 0.25) is 5.02 Å². The highest BCUT2D eigenvalue weighted by Gasteiger charge is 2.23. The first-order valence-electron chi connectivity index (χ1n) is 7.44. The smallest absolute Gasteiger partial charge is 0.274 e. The summed E-state index contributed by atoms with van der Waals surface area (Å²) in [6, 6.07) is 8.64. The second-order valence-electron chi connectivity index (χ2n) is 5.49. The van der Waals surface area contributed by atoms with Crippen LogP contribution in [0.3, 0.4) is 0 Å². The molecule has 0 bridgehead atoms. The summed E-state index contributed by atoms with van der Waals surface area (Å²) in [5.41, 5.74) is 0.373. The van der Waals surface area contributed by atoms with Gasteiger partial charge in [-0.1, -0.05) is 17.7 Å². The van der Waals surface area contributed by atoms with Gasteiger partial charge in [0.1, 0.15) is 0 Å². The second-order valence-corrected chi connectivity index (χ2v) is 7.64. The summed E-state index contributed by atoms with van der Waals surface area (Å²) in [5, 5.41) is 13.8. The Morgan fingerprint density at radius 2 is 1.81 bits per heavy atom. The van der Waals surface area contributed by atoms with Crippen LogP contribution >= 0.6 is 11.6 Å². The Bertz CT molecular complexity index is 945. The van der Waals surface area contributed by atoms with Gasteiger partial charge in [-0.15, -0.1) is 0 Å². The number of nitro benzene ring substituents is 1. The van der Waals surface area contributed by atoms with E-state index in [2.05, 4.69) is 10.0 Å². The van der Waals surface area contributed by atoms with Crippen LogP contribution in [0.4, 0.5) is 11.4 Å². The van der Waals surface area contributed by atoms with E-state index in [-0.39, 0.29) is 21.8 Å². The van der Waals surface area contributed by atoms with Crippen molar-refractivity contribution in [2.24, 2.45) is 0 Å². The molecule has 0 radical (unpaired) electrons. The third-order valence-corrected chi connectivity index (χ3v) is 5.42. The lowest BCUT2D eigenvalue weighted by molar-refractivity contribution is -0.385. The minimum Gasteiger partial charge on any atom is -0.324 e. The number of halogens is 1. The van der Waals surface area contributed by atoms with Gasteiger partial charge in [0.05, 0.1) is 27.1 Å². The molecule has 0 saturated heterocycles. The molecule has 138 valence electrons. The summed E-state index contributed by atoms with van der Waals surface area (Å²) < 4.78 is 26.8. The number of benzene rings is 2. The van der Waals surface area contributed by atoms with Gasteiger partial charge in [-0.2, -0.15) is 4.72 Å². The number of hydrogen-bond donors (Lipinski definition) is 2. The number of anilines is 1. The number of hydrogen-bond acceptors (Lipinski definition) is 5. The molecule has 10 heteroatoms. The molecule has 2 rings (SSSR count). The first-order valence-corrected chi connectivity index (χ1v) is 9.30. The van der Waals surface area contributed by atoms with E-state index in [1.807, 2.05) is 0 Å². The maximum atomic E-state index is 12.3. The van der Waals surface area contributed by atoms with Crippen LogP contribution in [0.5, 0.6) is 0 Å². The van der Waals surface area contributed by atoms with Gasteiger partial charge in [-0.3, -0.25) is 14.9 Å². The van der Waals surface area contributed by atoms with Gasteiger partial charge >= 0.3 is 0 Å². The lowest BCUT2D eigenvalue weighted by Gasteiger charge is -2.15. The molecular weight excluding hydrogens is 382 g/mol. The Labute approximate surface area is 155 Å². The number of rotatable bonds is 6. The fourth-order valence-corrected chi connectivity index (χ4v) is 3.49. The quantitative estimate of drug-likeness (QED) is 0.573. The SMILES string of the molecule is Cc1c(NC(=O)[C@H](C)NS(=O)(=O)c2ccc(Cl)cc2)cccc1[N+](=O)[O-]. The number of nitrogens with zero attached hydrogens (tertiary/aromatic N) is 1. The maximum absolute atomic E-state index is 12.3. The Morgan fingerprint density at radius 3 is 2.38 bits per heavy atom. The zero-order valence-corrected chi connectivity index (χ0v) is 15.5. The average molecular weight is 398 g/mol. The third kappa shape index (κ3) is 4.57. The molecule has 8 nitrogen and oxygen atoms in total. The summed E-state index contributed by atoms with van der Waals surface area (Å²) >= 11 is 5.73. The van der Waals surface area contributed by atoms with E-state index in [1.54, 1.807) is 0 Å². The molecule has 2 aromatic rings. The first-order chi connectivity index (χ1) is 12.1. The van der Waals surface area contributed by atoms with Gasteiger partial charge in [0.25, 0.3) is 5.69 Å². The number of nitro groups is 1. The summed E-state index contributed by atoms with van der Waals surface area (Å²) in [5.74, 6) is -0.647. The van der Waals surface area contributed by atoms with Crippen molar-refractivity contribution >= 4 is 38.9 Å². The van der Waals surface area contributed by atoms with Crippen LogP contribution in [0.1, 0.15) is 12.5 Å². The largest absolute Gasteiger partial charge is 0.324 e. The van der Waals surface area contributed by atoms with E-state index in [4.69, 9.17) is 11.6 Å². The molecular formula is C16H16ClN3O5S. The molecule has 0 aliphatic carbocycles. The molecule has 0 aliphatic rings. The van der Waals surface area contributed by atoms with Gasteiger partial charge < -0.3 is 5.32 Å².